The first-order valence-electron chi connectivity index (χ1n) is 6.04. The summed E-state index contributed by atoms with van der Waals surface area (Å²) < 4.78 is 36.8. The van der Waals surface area contributed by atoms with Crippen LogP contribution in [0.2, 0.25) is 0 Å². The number of allylic oxidation sites excluding steroid dienone is 2. The van der Waals surface area contributed by atoms with E-state index in [1.807, 2.05) is 0 Å². The molecule has 1 atom stereocenters. The van der Waals surface area contributed by atoms with E-state index in [1.165, 1.54) is 0 Å². The van der Waals surface area contributed by atoms with Crippen LogP contribution in [0.4, 0.5) is 0 Å². The number of methoxy groups -OCH3 is 1. The summed E-state index contributed by atoms with van der Waals surface area (Å²) in [6, 6.07) is 8.38. The molecule has 6 nitrogen and oxygen atoms in total. The van der Waals surface area contributed by atoms with Crippen molar-refractivity contribution < 1.29 is 27.6 Å². The Morgan fingerprint density at radius 1 is 1.29 bits per heavy atom. The van der Waals surface area contributed by atoms with E-state index in [2.05, 4.69) is 0 Å². The van der Waals surface area contributed by atoms with E-state index in [4.69, 9.17) is 4.74 Å². The van der Waals surface area contributed by atoms with Gasteiger partial charge in [-0.25, -0.2) is 0 Å². The van der Waals surface area contributed by atoms with Crippen LogP contribution in [-0.2, 0) is 19.6 Å². The minimum atomic E-state index is -4.62. The van der Waals surface area contributed by atoms with Crippen LogP contribution in [0.5, 0.6) is 0 Å². The average molecular weight is 310 g/mol. The van der Waals surface area contributed by atoms with Gasteiger partial charge >= 0.3 is 0 Å². The van der Waals surface area contributed by atoms with Gasteiger partial charge in [0.25, 0.3) is 10.1 Å². The second-order valence-electron chi connectivity index (χ2n) is 4.55. The molecule has 7 heteroatoms. The Bertz CT molecular complexity index is 717. The molecule has 112 valence electrons. The Morgan fingerprint density at radius 2 is 1.90 bits per heavy atom. The predicted molar refractivity (Wildman–Crippen MR) is 76.0 cm³/mol. The van der Waals surface area contributed by atoms with Crippen LogP contribution >= 0.6 is 0 Å². The van der Waals surface area contributed by atoms with Crippen molar-refractivity contribution in [3.8, 4) is 0 Å². The molecule has 0 spiro atoms. The highest BCUT2D eigenvalue weighted by Gasteiger charge is 2.46. The fourth-order valence-electron chi connectivity index (χ4n) is 2.07. The summed E-state index contributed by atoms with van der Waals surface area (Å²) in [5.41, 5.74) is 0.403. The number of carbonyl (C=O) groups is 1. The molecule has 0 saturated heterocycles. The molecule has 0 aromatic heterocycles. The van der Waals surface area contributed by atoms with E-state index in [0.717, 1.165) is 19.3 Å². The van der Waals surface area contributed by atoms with Crippen molar-refractivity contribution in [1.29, 1.82) is 0 Å². The molecule has 2 N–H and O–H groups in total. The van der Waals surface area contributed by atoms with Gasteiger partial charge in [0.1, 0.15) is 5.76 Å². The van der Waals surface area contributed by atoms with Gasteiger partial charge in [0.15, 0.2) is 5.78 Å². The van der Waals surface area contributed by atoms with Crippen LogP contribution in [0, 0.1) is 0 Å². The molecule has 1 aromatic rings. The molecule has 1 aromatic carbocycles. The van der Waals surface area contributed by atoms with Gasteiger partial charge in [0, 0.05) is 12.7 Å². The average Bonchev–Trinajstić information content (AvgIpc) is 2.46. The summed E-state index contributed by atoms with van der Waals surface area (Å²) in [4.78, 5) is 10.00. The summed E-state index contributed by atoms with van der Waals surface area (Å²) in [5.74, 6) is -0.893. The lowest BCUT2D eigenvalue weighted by Crippen LogP contribution is -2.42. The number of carbonyl (C=O) groups excluding carboxylic acids is 1. The Balaban J connectivity index is 2.51. The molecule has 1 aliphatic carbocycles. The van der Waals surface area contributed by atoms with Crippen LogP contribution in [0.25, 0.3) is 5.76 Å². The number of hydrogen-bond acceptors (Lipinski definition) is 5. The molecule has 0 saturated carbocycles. The molecule has 0 bridgehead atoms. The number of Topliss-reactive ketones (excluding diaryl/α,β-unsaturated/α-hetero) is 1. The number of benzene rings is 1. The van der Waals surface area contributed by atoms with Crippen LogP contribution < -0.4 is 0 Å². The first kappa shape index (κ1) is 15.4. The molecule has 0 radical (unpaired) electrons. The lowest BCUT2D eigenvalue weighted by molar-refractivity contribution is -0.118. The lowest BCUT2D eigenvalue weighted by Gasteiger charge is -2.28. The Labute approximate surface area is 122 Å². The highest BCUT2D eigenvalue weighted by Crippen LogP contribution is 2.32. The lowest BCUT2D eigenvalue weighted by atomic mass is 9.94. The molecule has 21 heavy (non-hydrogen) atoms. The minimum Gasteiger partial charge on any atom is -0.507 e. The summed E-state index contributed by atoms with van der Waals surface area (Å²) >= 11 is 0. The van der Waals surface area contributed by atoms with Crippen molar-refractivity contribution in [3.63, 3.8) is 0 Å². The second-order valence-corrected chi connectivity index (χ2v) is 6.19. The van der Waals surface area contributed by atoms with Crippen LogP contribution in [0.3, 0.4) is 0 Å². The van der Waals surface area contributed by atoms with Gasteiger partial charge in [0.2, 0.25) is 4.93 Å². The standard InChI is InChI=1S/C14H14O6S/c1-20-14(21(17,18)19)8-7-11(12(15)9-14)13(16)10-5-3-2-4-6-10/h2-8,16H,9H2,1H3,(H,17,18,19). The maximum Gasteiger partial charge on any atom is 0.299 e. The molecular formula is C14H14O6S. The van der Waals surface area contributed by atoms with Crippen molar-refractivity contribution in [2.75, 3.05) is 7.11 Å². The minimum absolute atomic E-state index is 0.0301. The number of aliphatic hydroxyl groups excluding tert-OH is 1. The van der Waals surface area contributed by atoms with Gasteiger partial charge in [-0.15, -0.1) is 0 Å². The quantitative estimate of drug-likeness (QED) is 0.501. The summed E-state index contributed by atoms with van der Waals surface area (Å²) in [6.07, 6.45) is 1.59. The second kappa shape index (κ2) is 5.44. The predicted octanol–water partition coefficient (Wildman–Crippen LogP) is 1.72. The third kappa shape index (κ3) is 2.76. The van der Waals surface area contributed by atoms with Gasteiger partial charge in [-0.1, -0.05) is 30.3 Å². The van der Waals surface area contributed by atoms with E-state index in [9.17, 15) is 22.9 Å². The van der Waals surface area contributed by atoms with E-state index in [1.54, 1.807) is 30.3 Å². The van der Waals surface area contributed by atoms with Crippen LogP contribution in [-0.4, -0.2) is 35.9 Å². The molecule has 0 heterocycles. The third-order valence-electron chi connectivity index (χ3n) is 3.30. The zero-order valence-corrected chi connectivity index (χ0v) is 12.0. The van der Waals surface area contributed by atoms with E-state index >= 15 is 0 Å². The SMILES string of the molecule is COC1(S(=O)(=O)O)C=CC(=C(O)c2ccccc2)C(=O)C1. The molecular weight excluding hydrogens is 296 g/mol. The zero-order valence-electron chi connectivity index (χ0n) is 11.2. The number of ketones is 1. The Kier molecular flexibility index (Phi) is 3.99. The first-order valence-corrected chi connectivity index (χ1v) is 7.48. The van der Waals surface area contributed by atoms with Gasteiger partial charge in [-0.05, 0) is 12.2 Å². The Hall–Kier alpha value is -1.96. The number of rotatable bonds is 3. The highest BCUT2D eigenvalue weighted by atomic mass is 32.2. The molecule has 0 aliphatic heterocycles. The van der Waals surface area contributed by atoms with Crippen molar-refractivity contribution in [1.82, 2.24) is 0 Å². The summed E-state index contributed by atoms with van der Waals surface area (Å²) in [5, 5.41) is 10.1. The van der Waals surface area contributed by atoms with Crippen molar-refractivity contribution in [3.05, 3.63) is 53.6 Å². The smallest absolute Gasteiger partial charge is 0.299 e. The van der Waals surface area contributed by atoms with Crippen molar-refractivity contribution in [2.45, 2.75) is 11.4 Å². The van der Waals surface area contributed by atoms with Gasteiger partial charge < -0.3 is 9.84 Å². The Morgan fingerprint density at radius 3 is 2.38 bits per heavy atom. The van der Waals surface area contributed by atoms with E-state index in [0.29, 0.717) is 5.56 Å². The fourth-order valence-corrected chi connectivity index (χ4v) is 2.83. The van der Waals surface area contributed by atoms with E-state index < -0.39 is 27.3 Å². The monoisotopic (exact) mass is 310 g/mol. The fraction of sp³-hybridized carbons (Fsp3) is 0.214. The number of aliphatic hydroxyl groups is 1. The molecule has 1 unspecified atom stereocenters. The maximum atomic E-state index is 12.1. The number of ether oxygens (including phenoxy) is 1. The van der Waals surface area contributed by atoms with Gasteiger partial charge in [-0.3, -0.25) is 9.35 Å². The summed E-state index contributed by atoms with van der Waals surface area (Å²) in [6.45, 7) is 0. The number of hydrogen-bond donors (Lipinski definition) is 2. The van der Waals surface area contributed by atoms with Crippen LogP contribution in [0.15, 0.2) is 48.1 Å². The van der Waals surface area contributed by atoms with Gasteiger partial charge in [-0.2, -0.15) is 8.42 Å². The topological polar surface area (TPSA) is 101 Å². The van der Waals surface area contributed by atoms with Crippen molar-refractivity contribution in [2.24, 2.45) is 0 Å². The van der Waals surface area contributed by atoms with Crippen LogP contribution in [0.1, 0.15) is 12.0 Å². The van der Waals surface area contributed by atoms with Crippen molar-refractivity contribution >= 4 is 21.7 Å². The first-order chi connectivity index (χ1) is 9.81. The third-order valence-corrected chi connectivity index (χ3v) is 4.62. The summed E-state index contributed by atoms with van der Waals surface area (Å²) in [7, 11) is -3.54. The maximum absolute atomic E-state index is 12.1. The molecule has 2 rings (SSSR count). The zero-order chi connectivity index (χ0) is 15.7. The van der Waals surface area contributed by atoms with Gasteiger partial charge in [0.05, 0.1) is 12.0 Å². The highest BCUT2D eigenvalue weighted by molar-refractivity contribution is 7.87. The molecule has 0 amide bonds. The molecule has 1 aliphatic rings. The van der Waals surface area contributed by atoms with E-state index in [-0.39, 0.29) is 11.3 Å². The molecule has 0 fully saturated rings. The largest absolute Gasteiger partial charge is 0.507 e. The normalized spacial score (nSPS) is 25.0.